The number of rotatable bonds is 14. The van der Waals surface area contributed by atoms with E-state index in [4.69, 9.17) is 11.6 Å². The number of hydrogen-bond donors (Lipinski definition) is 0. The molecule has 1 atom stereocenters. The van der Waals surface area contributed by atoms with Crippen LogP contribution >= 0.6 is 11.6 Å². The fourth-order valence-corrected chi connectivity index (χ4v) is 20.4. The van der Waals surface area contributed by atoms with Crippen LogP contribution in [0.4, 0.5) is 0 Å². The normalized spacial score (nSPS) is 12.6. The Morgan fingerprint density at radius 3 is 1.85 bits per heavy atom. The number of benzene rings is 1. The van der Waals surface area contributed by atoms with Crippen molar-refractivity contribution >= 4 is 35.8 Å². The molecular weight excluding hydrogens is 460 g/mol. The van der Waals surface area contributed by atoms with Gasteiger partial charge in [-0.25, -0.2) is 0 Å². The van der Waals surface area contributed by atoms with E-state index in [0.29, 0.717) is 10.6 Å². The van der Waals surface area contributed by atoms with Gasteiger partial charge in [0.2, 0.25) is 0 Å². The Hall–Kier alpha value is -0.531. The van der Waals surface area contributed by atoms with Gasteiger partial charge in [0.25, 0.3) is 0 Å². The SMILES string of the molecule is CCC[CH2][Sn]([CH2]CCC)([CH2]CCC)[CH2]CC(C#N)C(=O)c1ccc(Cl)cc1. The van der Waals surface area contributed by atoms with Gasteiger partial charge >= 0.3 is 176 Å². The quantitative estimate of drug-likeness (QED) is 0.194. The average molecular weight is 497 g/mol. The van der Waals surface area contributed by atoms with E-state index in [1.807, 2.05) is 0 Å². The van der Waals surface area contributed by atoms with E-state index in [2.05, 4.69) is 26.8 Å². The molecule has 0 aliphatic rings. The van der Waals surface area contributed by atoms with E-state index in [1.54, 1.807) is 24.3 Å². The third-order valence-electron chi connectivity index (χ3n) is 5.75. The van der Waals surface area contributed by atoms with Crippen molar-refractivity contribution in [2.75, 3.05) is 0 Å². The zero-order valence-electron chi connectivity index (χ0n) is 17.4. The van der Waals surface area contributed by atoms with Crippen molar-refractivity contribution in [3.63, 3.8) is 0 Å². The number of unbranched alkanes of at least 4 members (excludes halogenated alkanes) is 3. The van der Waals surface area contributed by atoms with Gasteiger partial charge in [0.15, 0.2) is 0 Å². The molecule has 0 aliphatic heterocycles. The van der Waals surface area contributed by atoms with E-state index in [0.717, 1.165) is 6.42 Å². The maximum atomic E-state index is 12.8. The number of nitrogens with zero attached hydrogens (tertiary/aromatic N) is 1. The summed E-state index contributed by atoms with van der Waals surface area (Å²) in [5, 5.41) is 10.3. The Labute approximate surface area is 175 Å². The third kappa shape index (κ3) is 8.57. The summed E-state index contributed by atoms with van der Waals surface area (Å²) < 4.78 is 5.47. The number of halogens is 1. The van der Waals surface area contributed by atoms with E-state index < -0.39 is 24.3 Å². The molecule has 4 heteroatoms. The van der Waals surface area contributed by atoms with E-state index in [9.17, 15) is 10.1 Å². The molecule has 0 aliphatic carbocycles. The Kier molecular flexibility index (Phi) is 12.4. The molecule has 0 bridgehead atoms. The zero-order valence-corrected chi connectivity index (χ0v) is 21.0. The molecule has 0 fully saturated rings. The van der Waals surface area contributed by atoms with Crippen molar-refractivity contribution in [3.8, 4) is 6.07 Å². The number of ketones is 1. The minimum atomic E-state index is -2.29. The second-order valence-electron chi connectivity index (χ2n) is 7.90. The fourth-order valence-electron chi connectivity index (χ4n) is 3.93. The summed E-state index contributed by atoms with van der Waals surface area (Å²) in [5.74, 6) is -0.539. The predicted molar refractivity (Wildman–Crippen MR) is 119 cm³/mol. The molecule has 0 saturated heterocycles. The first-order valence-electron chi connectivity index (χ1n) is 10.7. The molecule has 27 heavy (non-hydrogen) atoms. The van der Waals surface area contributed by atoms with Crippen molar-refractivity contribution < 1.29 is 4.79 Å². The van der Waals surface area contributed by atoms with Crippen LogP contribution in [0.25, 0.3) is 0 Å². The van der Waals surface area contributed by atoms with Gasteiger partial charge in [-0.2, -0.15) is 0 Å². The summed E-state index contributed by atoms with van der Waals surface area (Å²) in [6, 6.07) is 9.27. The van der Waals surface area contributed by atoms with Gasteiger partial charge in [-0.05, 0) is 0 Å². The number of carbonyl (C=O) groups excluding carboxylic acids is 1. The average Bonchev–Trinajstić information content (AvgIpc) is 2.69. The maximum absolute atomic E-state index is 12.8. The summed E-state index contributed by atoms with van der Waals surface area (Å²) in [7, 11) is 0. The summed E-state index contributed by atoms with van der Waals surface area (Å²) >= 11 is 3.64. The van der Waals surface area contributed by atoms with Gasteiger partial charge in [0.05, 0.1) is 0 Å². The molecule has 0 amide bonds. The summed E-state index contributed by atoms with van der Waals surface area (Å²) in [6.07, 6.45) is 8.49. The van der Waals surface area contributed by atoms with Crippen LogP contribution in [0.2, 0.25) is 22.8 Å². The van der Waals surface area contributed by atoms with Gasteiger partial charge in [0, 0.05) is 0 Å². The van der Waals surface area contributed by atoms with Crippen molar-refractivity contribution in [1.82, 2.24) is 0 Å². The van der Waals surface area contributed by atoms with Crippen molar-refractivity contribution in [1.29, 1.82) is 5.26 Å². The molecule has 1 aromatic carbocycles. The molecule has 0 spiro atoms. The number of hydrogen-bond acceptors (Lipinski definition) is 2. The second kappa shape index (κ2) is 13.6. The zero-order chi connectivity index (χ0) is 20.1. The van der Waals surface area contributed by atoms with Crippen LogP contribution in [-0.2, 0) is 0 Å². The van der Waals surface area contributed by atoms with Crippen LogP contribution in [0.1, 0.15) is 76.1 Å². The predicted octanol–water partition coefficient (Wildman–Crippen LogP) is 7.90. The first-order valence-corrected chi connectivity index (χ1v) is 19.2. The van der Waals surface area contributed by atoms with E-state index in [1.165, 1.54) is 56.3 Å². The molecule has 1 unspecified atom stereocenters. The number of nitriles is 1. The van der Waals surface area contributed by atoms with Crippen LogP contribution in [0.5, 0.6) is 0 Å². The van der Waals surface area contributed by atoms with Crippen LogP contribution in [-0.4, -0.2) is 24.2 Å². The van der Waals surface area contributed by atoms with Gasteiger partial charge in [-0.3, -0.25) is 0 Å². The molecule has 1 aromatic rings. The van der Waals surface area contributed by atoms with Gasteiger partial charge in [-0.15, -0.1) is 0 Å². The third-order valence-corrected chi connectivity index (χ3v) is 22.0. The van der Waals surface area contributed by atoms with E-state index in [-0.39, 0.29) is 5.78 Å². The summed E-state index contributed by atoms with van der Waals surface area (Å²) in [4.78, 5) is 12.8. The molecule has 2 nitrogen and oxygen atoms in total. The summed E-state index contributed by atoms with van der Waals surface area (Å²) in [5.41, 5.74) is 0.613. The molecule has 0 N–H and O–H groups in total. The Morgan fingerprint density at radius 2 is 1.44 bits per heavy atom. The first-order chi connectivity index (χ1) is 13.0. The molecular formula is C23H36ClNOSn. The monoisotopic (exact) mass is 497 g/mol. The van der Waals surface area contributed by atoms with Crippen LogP contribution in [0.15, 0.2) is 24.3 Å². The Morgan fingerprint density at radius 1 is 0.963 bits per heavy atom. The van der Waals surface area contributed by atoms with Crippen molar-refractivity contribution in [2.24, 2.45) is 5.92 Å². The van der Waals surface area contributed by atoms with Crippen LogP contribution < -0.4 is 0 Å². The van der Waals surface area contributed by atoms with Crippen molar-refractivity contribution in [2.45, 2.75) is 83.5 Å². The molecule has 0 aromatic heterocycles. The minimum absolute atomic E-state index is 0.0316. The van der Waals surface area contributed by atoms with Gasteiger partial charge in [-0.1, -0.05) is 0 Å². The molecule has 0 radical (unpaired) electrons. The topological polar surface area (TPSA) is 40.9 Å². The number of Topliss-reactive ketones (excluding diaryl/α,β-unsaturated/α-hetero) is 1. The second-order valence-corrected chi connectivity index (χ2v) is 22.6. The van der Waals surface area contributed by atoms with Crippen molar-refractivity contribution in [3.05, 3.63) is 34.9 Å². The first kappa shape index (κ1) is 24.5. The van der Waals surface area contributed by atoms with Gasteiger partial charge in [0.1, 0.15) is 0 Å². The number of carbonyl (C=O) groups is 1. The Bertz CT molecular complexity index is 572. The van der Waals surface area contributed by atoms with Crippen LogP contribution in [0.3, 0.4) is 0 Å². The fraction of sp³-hybridized carbons (Fsp3) is 0.652. The summed E-state index contributed by atoms with van der Waals surface area (Å²) in [6.45, 7) is 6.83. The Balaban J connectivity index is 2.88. The standard InChI is InChI=1S/C11H9ClNO.3C4H9.Sn/c1-2-8(7-13)11(14)9-3-5-10(12)6-4-9;3*1-3-4-2;/h3-6,8H,1-2H2;3*1,3-4H2,2H3;. The van der Waals surface area contributed by atoms with Gasteiger partial charge < -0.3 is 0 Å². The molecule has 0 saturated carbocycles. The molecule has 1 rings (SSSR count). The van der Waals surface area contributed by atoms with E-state index >= 15 is 0 Å². The molecule has 150 valence electrons. The van der Waals surface area contributed by atoms with Crippen LogP contribution in [0, 0.1) is 17.2 Å². The molecule has 0 heterocycles.